The first kappa shape index (κ1) is 11.3. The summed E-state index contributed by atoms with van der Waals surface area (Å²) in [7, 11) is 0. The van der Waals surface area contributed by atoms with Gasteiger partial charge in [-0.05, 0) is 24.6 Å². The third kappa shape index (κ3) is 2.90. The third-order valence-corrected chi connectivity index (χ3v) is 2.42. The van der Waals surface area contributed by atoms with Crippen molar-refractivity contribution in [1.29, 1.82) is 0 Å². The zero-order valence-corrected chi connectivity index (χ0v) is 9.39. The Morgan fingerprint density at radius 1 is 1.24 bits per heavy atom. The van der Waals surface area contributed by atoms with Crippen molar-refractivity contribution in [3.63, 3.8) is 0 Å². The number of nitrogens with one attached hydrogen (secondary N) is 1. The van der Waals surface area contributed by atoms with E-state index in [9.17, 15) is 4.39 Å². The molecule has 0 aliphatic carbocycles. The summed E-state index contributed by atoms with van der Waals surface area (Å²) in [5.41, 5.74) is 6.53. The second kappa shape index (κ2) is 4.78. The van der Waals surface area contributed by atoms with Crippen LogP contribution in [0.4, 0.5) is 16.0 Å². The van der Waals surface area contributed by atoms with Crippen LogP contribution in [0.1, 0.15) is 18.5 Å². The summed E-state index contributed by atoms with van der Waals surface area (Å²) in [6.45, 7) is 1.96. The first-order valence-electron chi connectivity index (χ1n) is 5.24. The molecule has 0 saturated carbocycles. The molecule has 0 saturated heterocycles. The van der Waals surface area contributed by atoms with E-state index in [-0.39, 0.29) is 11.9 Å². The zero-order chi connectivity index (χ0) is 12.3. The van der Waals surface area contributed by atoms with E-state index in [1.165, 1.54) is 18.5 Å². The highest BCUT2D eigenvalue weighted by Gasteiger charge is 2.06. The minimum atomic E-state index is -0.243. The highest BCUT2D eigenvalue weighted by molar-refractivity contribution is 5.45. The molecule has 3 N–H and O–H groups in total. The van der Waals surface area contributed by atoms with Gasteiger partial charge in [-0.25, -0.2) is 14.4 Å². The number of nitrogen functional groups attached to an aromatic ring is 1. The lowest BCUT2D eigenvalue weighted by atomic mass is 10.1. The van der Waals surface area contributed by atoms with Crippen molar-refractivity contribution in [2.75, 3.05) is 11.1 Å². The van der Waals surface area contributed by atoms with Gasteiger partial charge in [0.2, 0.25) is 0 Å². The minimum absolute atomic E-state index is 0.0184. The SMILES string of the molecule is CC(Nc1cc(N)ncn1)c1ccc(F)cc1. The fourth-order valence-electron chi connectivity index (χ4n) is 1.51. The van der Waals surface area contributed by atoms with Crippen LogP contribution in [0.5, 0.6) is 0 Å². The first-order valence-corrected chi connectivity index (χ1v) is 5.24. The molecule has 0 spiro atoms. The average Bonchev–Trinajstić information content (AvgIpc) is 2.29. The number of hydrogen-bond acceptors (Lipinski definition) is 4. The maximum Gasteiger partial charge on any atom is 0.131 e. The lowest BCUT2D eigenvalue weighted by molar-refractivity contribution is 0.626. The van der Waals surface area contributed by atoms with Crippen molar-refractivity contribution in [2.45, 2.75) is 13.0 Å². The van der Waals surface area contributed by atoms with Crippen LogP contribution in [0.25, 0.3) is 0 Å². The van der Waals surface area contributed by atoms with Gasteiger partial charge in [0, 0.05) is 12.1 Å². The predicted molar refractivity (Wildman–Crippen MR) is 64.9 cm³/mol. The monoisotopic (exact) mass is 232 g/mol. The van der Waals surface area contributed by atoms with Crippen molar-refractivity contribution in [3.8, 4) is 0 Å². The number of halogens is 1. The molecular formula is C12H13FN4. The molecule has 2 rings (SSSR count). The van der Waals surface area contributed by atoms with Crippen molar-refractivity contribution < 1.29 is 4.39 Å². The Balaban J connectivity index is 2.11. The van der Waals surface area contributed by atoms with Crippen LogP contribution in [0.3, 0.4) is 0 Å². The van der Waals surface area contributed by atoms with E-state index in [0.717, 1.165) is 5.56 Å². The largest absolute Gasteiger partial charge is 0.384 e. The minimum Gasteiger partial charge on any atom is -0.384 e. The van der Waals surface area contributed by atoms with E-state index < -0.39 is 0 Å². The van der Waals surface area contributed by atoms with Crippen molar-refractivity contribution >= 4 is 11.6 Å². The van der Waals surface area contributed by atoms with Crippen molar-refractivity contribution in [2.24, 2.45) is 0 Å². The van der Waals surface area contributed by atoms with Crippen LogP contribution in [-0.2, 0) is 0 Å². The van der Waals surface area contributed by atoms with E-state index in [4.69, 9.17) is 5.73 Å². The zero-order valence-electron chi connectivity index (χ0n) is 9.39. The molecule has 0 amide bonds. The number of hydrogen-bond donors (Lipinski definition) is 2. The molecule has 0 aliphatic heterocycles. The standard InChI is InChI=1S/C12H13FN4/c1-8(9-2-4-10(13)5-3-9)17-12-6-11(14)15-7-16-12/h2-8H,1H3,(H3,14,15,16,17). The predicted octanol–water partition coefficient (Wildman–Crippen LogP) is 2.37. The summed E-state index contributed by atoms with van der Waals surface area (Å²) in [5.74, 6) is 0.815. The van der Waals surface area contributed by atoms with Gasteiger partial charge in [0.25, 0.3) is 0 Å². The Bertz CT molecular complexity index is 498. The van der Waals surface area contributed by atoms with E-state index in [1.54, 1.807) is 18.2 Å². The average molecular weight is 232 g/mol. The molecule has 1 aromatic carbocycles. The van der Waals surface area contributed by atoms with Crippen LogP contribution < -0.4 is 11.1 Å². The van der Waals surface area contributed by atoms with Gasteiger partial charge in [-0.2, -0.15) is 0 Å². The van der Waals surface area contributed by atoms with Crippen molar-refractivity contribution in [1.82, 2.24) is 9.97 Å². The molecule has 2 aromatic rings. The summed E-state index contributed by atoms with van der Waals surface area (Å²) in [6.07, 6.45) is 1.40. The molecule has 1 atom stereocenters. The Labute approximate surface area is 98.7 Å². The van der Waals surface area contributed by atoms with Gasteiger partial charge in [-0.3, -0.25) is 0 Å². The molecule has 5 heteroatoms. The second-order valence-corrected chi connectivity index (χ2v) is 3.75. The number of anilines is 2. The first-order chi connectivity index (χ1) is 8.15. The van der Waals surface area contributed by atoms with Gasteiger partial charge in [0.05, 0.1) is 0 Å². The fraction of sp³-hybridized carbons (Fsp3) is 0.167. The van der Waals surface area contributed by atoms with E-state index in [1.807, 2.05) is 6.92 Å². The number of nitrogens with zero attached hydrogens (tertiary/aromatic N) is 2. The number of rotatable bonds is 3. The summed E-state index contributed by atoms with van der Waals surface area (Å²) >= 11 is 0. The van der Waals surface area contributed by atoms with Crippen LogP contribution in [0.15, 0.2) is 36.7 Å². The quantitative estimate of drug-likeness (QED) is 0.852. The lowest BCUT2D eigenvalue weighted by Crippen LogP contribution is -2.08. The Morgan fingerprint density at radius 3 is 2.59 bits per heavy atom. The summed E-state index contributed by atoms with van der Waals surface area (Å²) < 4.78 is 12.8. The highest BCUT2D eigenvalue weighted by Crippen LogP contribution is 2.18. The molecule has 1 heterocycles. The van der Waals surface area contributed by atoms with Crippen LogP contribution >= 0.6 is 0 Å². The molecule has 88 valence electrons. The van der Waals surface area contributed by atoms with Crippen LogP contribution in [0.2, 0.25) is 0 Å². The van der Waals surface area contributed by atoms with Gasteiger partial charge in [0.15, 0.2) is 0 Å². The molecule has 1 aromatic heterocycles. The normalized spacial score (nSPS) is 12.1. The van der Waals surface area contributed by atoms with Gasteiger partial charge < -0.3 is 11.1 Å². The van der Waals surface area contributed by atoms with Gasteiger partial charge in [0.1, 0.15) is 23.8 Å². The van der Waals surface area contributed by atoms with Gasteiger partial charge in [-0.15, -0.1) is 0 Å². The van der Waals surface area contributed by atoms with Crippen LogP contribution in [0, 0.1) is 5.82 Å². The smallest absolute Gasteiger partial charge is 0.131 e. The molecule has 4 nitrogen and oxygen atoms in total. The number of benzene rings is 1. The topological polar surface area (TPSA) is 63.8 Å². The highest BCUT2D eigenvalue weighted by atomic mass is 19.1. The molecule has 1 unspecified atom stereocenters. The molecule has 0 bridgehead atoms. The fourth-order valence-corrected chi connectivity index (χ4v) is 1.51. The summed E-state index contributed by atoms with van der Waals surface area (Å²) in [5, 5.41) is 3.16. The molecule has 0 aliphatic rings. The van der Waals surface area contributed by atoms with E-state index in [2.05, 4.69) is 15.3 Å². The van der Waals surface area contributed by atoms with Gasteiger partial charge in [-0.1, -0.05) is 12.1 Å². The summed E-state index contributed by atoms with van der Waals surface area (Å²) in [4.78, 5) is 7.85. The Morgan fingerprint density at radius 2 is 1.94 bits per heavy atom. The second-order valence-electron chi connectivity index (χ2n) is 3.75. The maximum absolute atomic E-state index is 12.8. The maximum atomic E-state index is 12.8. The Kier molecular flexibility index (Phi) is 3.18. The van der Waals surface area contributed by atoms with E-state index >= 15 is 0 Å². The van der Waals surface area contributed by atoms with Crippen LogP contribution in [-0.4, -0.2) is 9.97 Å². The molecule has 0 radical (unpaired) electrons. The lowest BCUT2D eigenvalue weighted by Gasteiger charge is -2.14. The number of nitrogens with two attached hydrogens (primary N) is 1. The molecule has 17 heavy (non-hydrogen) atoms. The Hall–Kier alpha value is -2.17. The molecular weight excluding hydrogens is 219 g/mol. The summed E-state index contributed by atoms with van der Waals surface area (Å²) in [6, 6.07) is 8.00. The third-order valence-electron chi connectivity index (χ3n) is 2.42. The molecule has 0 fully saturated rings. The van der Waals surface area contributed by atoms with E-state index in [0.29, 0.717) is 11.6 Å². The number of aromatic nitrogens is 2. The van der Waals surface area contributed by atoms with Crippen molar-refractivity contribution in [3.05, 3.63) is 48.0 Å². The van der Waals surface area contributed by atoms with Gasteiger partial charge >= 0.3 is 0 Å².